The summed E-state index contributed by atoms with van der Waals surface area (Å²) in [5.41, 5.74) is 4.06. The zero-order valence-corrected chi connectivity index (χ0v) is 30.3. The van der Waals surface area contributed by atoms with Gasteiger partial charge in [-0.15, -0.1) is 11.8 Å². The Labute approximate surface area is 292 Å². The number of nitrogens with one attached hydrogen (secondary N) is 2. The molecule has 1 aliphatic carbocycles. The van der Waals surface area contributed by atoms with Crippen molar-refractivity contribution in [2.45, 2.75) is 82.6 Å². The lowest BCUT2D eigenvalue weighted by molar-refractivity contribution is -0.124. The number of H-pyrrole nitrogens is 1. The van der Waals surface area contributed by atoms with E-state index in [0.29, 0.717) is 51.2 Å². The second kappa shape index (κ2) is 13.3. The van der Waals surface area contributed by atoms with E-state index in [4.69, 9.17) is 24.2 Å². The minimum Gasteiger partial charge on any atom is -0.448 e. The lowest BCUT2D eigenvalue weighted by Crippen LogP contribution is -2.51. The number of aromatic amines is 1. The first-order valence-corrected chi connectivity index (χ1v) is 18.6. The molecular weight excluding hydrogens is 641 g/mol. The number of hydrogen-bond acceptors (Lipinski definition) is 10. The number of pyridine rings is 1. The van der Waals surface area contributed by atoms with Crippen molar-refractivity contribution in [1.29, 1.82) is 0 Å². The highest BCUT2D eigenvalue weighted by Gasteiger charge is 2.48. The molecule has 3 aliphatic heterocycles. The van der Waals surface area contributed by atoms with E-state index in [9.17, 15) is 9.59 Å². The number of ether oxygens (including phenoxy) is 3. The molecule has 1 aromatic carbocycles. The number of amides is 1. The van der Waals surface area contributed by atoms with E-state index in [2.05, 4.69) is 34.2 Å². The normalized spacial score (nSPS) is 24.3. The van der Waals surface area contributed by atoms with Gasteiger partial charge < -0.3 is 34.3 Å². The first-order chi connectivity index (χ1) is 23.5. The van der Waals surface area contributed by atoms with Crippen LogP contribution in [0, 0.1) is 25.2 Å². The van der Waals surface area contributed by atoms with E-state index in [1.807, 2.05) is 51.6 Å². The van der Waals surface area contributed by atoms with Gasteiger partial charge in [0.25, 0.3) is 17.3 Å². The van der Waals surface area contributed by atoms with E-state index in [0.717, 1.165) is 81.0 Å². The van der Waals surface area contributed by atoms with Crippen molar-refractivity contribution in [2.24, 2.45) is 11.3 Å². The zero-order chi connectivity index (χ0) is 34.5. The topological polar surface area (TPSA) is 122 Å². The van der Waals surface area contributed by atoms with Crippen LogP contribution in [-0.4, -0.2) is 84.2 Å². The van der Waals surface area contributed by atoms with Crippen LogP contribution in [0.1, 0.15) is 72.6 Å². The third kappa shape index (κ3) is 6.43. The van der Waals surface area contributed by atoms with Gasteiger partial charge in [-0.05, 0) is 84.9 Å². The zero-order valence-electron chi connectivity index (χ0n) is 29.5. The maximum absolute atomic E-state index is 13.9. The smallest absolute Gasteiger partial charge is 0.254 e. The fourth-order valence-corrected chi connectivity index (χ4v) is 8.61. The fraction of sp³-hybridized carbons (Fsp3) is 0.568. The highest BCUT2D eigenvalue weighted by atomic mass is 32.2. The molecule has 3 fully saturated rings. The quantitative estimate of drug-likeness (QED) is 0.301. The van der Waals surface area contributed by atoms with Crippen LogP contribution in [0.2, 0.25) is 0 Å². The predicted octanol–water partition coefficient (Wildman–Crippen LogP) is 5.33. The highest BCUT2D eigenvalue weighted by molar-refractivity contribution is 7.98. The van der Waals surface area contributed by atoms with Gasteiger partial charge in [0.1, 0.15) is 0 Å². The molecule has 1 saturated carbocycles. The molecule has 2 aromatic heterocycles. The number of anilines is 1. The molecule has 1 amide bonds. The summed E-state index contributed by atoms with van der Waals surface area (Å²) in [6, 6.07) is 4.33. The van der Waals surface area contributed by atoms with Gasteiger partial charge in [0, 0.05) is 94.7 Å². The number of piperidine rings is 1. The molecule has 49 heavy (non-hydrogen) atoms. The van der Waals surface area contributed by atoms with Gasteiger partial charge in [-0.1, -0.05) is 0 Å². The van der Waals surface area contributed by atoms with Crippen LogP contribution in [0.3, 0.4) is 0 Å². The maximum atomic E-state index is 13.9. The van der Waals surface area contributed by atoms with Gasteiger partial charge in [-0.3, -0.25) is 9.59 Å². The van der Waals surface area contributed by atoms with E-state index in [-0.39, 0.29) is 23.9 Å². The summed E-state index contributed by atoms with van der Waals surface area (Å²) < 4.78 is 19.1. The van der Waals surface area contributed by atoms with Crippen molar-refractivity contribution in [3.05, 3.63) is 57.3 Å². The molecule has 12 heteroatoms. The summed E-state index contributed by atoms with van der Waals surface area (Å²) in [7, 11) is 4.28. The number of hydrogen-bond donors (Lipinski definition) is 2. The van der Waals surface area contributed by atoms with Crippen molar-refractivity contribution in [1.82, 2.24) is 25.2 Å². The molecule has 1 spiro atoms. The second-order valence-corrected chi connectivity index (χ2v) is 15.6. The summed E-state index contributed by atoms with van der Waals surface area (Å²) >= 11 is 1.49. The van der Waals surface area contributed by atoms with Crippen molar-refractivity contribution in [2.75, 3.05) is 51.6 Å². The number of aryl methyl sites for hydroxylation is 1. The average Bonchev–Trinajstić information content (AvgIpc) is 3.46. The Bertz CT molecular complexity index is 1770. The number of thioether (sulfide) groups is 1. The number of nitrogens with zero attached hydrogens (tertiary/aromatic N) is 4. The van der Waals surface area contributed by atoms with Crippen molar-refractivity contribution >= 4 is 23.6 Å². The Kier molecular flexibility index (Phi) is 9.16. The number of benzene rings is 1. The lowest BCUT2D eigenvalue weighted by atomic mass is 9.77. The van der Waals surface area contributed by atoms with Crippen LogP contribution < -0.4 is 25.2 Å². The number of carbonyl (C=O) groups excluding carboxylic acids is 1. The molecule has 262 valence electrons. The molecule has 5 heterocycles. The summed E-state index contributed by atoms with van der Waals surface area (Å²) in [6.45, 7) is 9.39. The van der Waals surface area contributed by atoms with Gasteiger partial charge >= 0.3 is 0 Å². The molecule has 0 radical (unpaired) electrons. The molecule has 1 unspecified atom stereocenters. The van der Waals surface area contributed by atoms with Crippen LogP contribution in [-0.2, 0) is 11.3 Å². The largest absolute Gasteiger partial charge is 0.448 e. The average molecular weight is 689 g/mol. The minimum atomic E-state index is -0.869. The van der Waals surface area contributed by atoms with Crippen molar-refractivity contribution in [3.63, 3.8) is 0 Å². The van der Waals surface area contributed by atoms with Gasteiger partial charge in [-0.2, -0.15) is 0 Å². The number of fused-ring (bicyclic) bond motifs is 1. The fourth-order valence-electron chi connectivity index (χ4n) is 7.90. The Morgan fingerprint density at radius 2 is 1.73 bits per heavy atom. The standard InChI is InChI=1S/C37H48N6O5S/c1-22-15-30(49-6)29(34(45)41-22)19-38-33(44)27-16-28(24-17-39-35(40-18-24)43-13-11-37(12-14-43)20-46-21-37)32-31(23(27)2)47-36(3,48-32)25-7-9-26(10-8-25)42(4)5/h15-18,25-26H,7-14,19-21H2,1-6H3,(H,38,44)(H,41,45)/t25-,26-,36?. The Hall–Kier alpha value is -3.61. The number of rotatable bonds is 8. The summed E-state index contributed by atoms with van der Waals surface area (Å²) in [6.07, 6.45) is 11.9. The van der Waals surface area contributed by atoms with Crippen LogP contribution in [0.15, 0.2) is 34.2 Å². The van der Waals surface area contributed by atoms with E-state index >= 15 is 0 Å². The Morgan fingerprint density at radius 1 is 1.06 bits per heavy atom. The molecule has 2 N–H and O–H groups in total. The van der Waals surface area contributed by atoms with Gasteiger partial charge in [0.15, 0.2) is 11.5 Å². The molecule has 1 atom stereocenters. The number of aromatic nitrogens is 3. The molecule has 0 bridgehead atoms. The molecule has 11 nitrogen and oxygen atoms in total. The van der Waals surface area contributed by atoms with Crippen molar-refractivity contribution < 1.29 is 19.0 Å². The molecule has 4 aliphatic rings. The van der Waals surface area contributed by atoms with Gasteiger partial charge in [-0.25, -0.2) is 9.97 Å². The van der Waals surface area contributed by atoms with Crippen LogP contribution in [0.25, 0.3) is 11.1 Å². The molecular formula is C37H48N6O5S. The van der Waals surface area contributed by atoms with E-state index < -0.39 is 5.79 Å². The molecule has 2 saturated heterocycles. The highest BCUT2D eigenvalue weighted by Crippen LogP contribution is 2.53. The Morgan fingerprint density at radius 3 is 2.35 bits per heavy atom. The van der Waals surface area contributed by atoms with E-state index in [1.54, 1.807) is 0 Å². The third-order valence-corrected chi connectivity index (χ3v) is 12.1. The predicted molar refractivity (Wildman–Crippen MR) is 191 cm³/mol. The first kappa shape index (κ1) is 33.9. The van der Waals surface area contributed by atoms with Gasteiger partial charge in [0.05, 0.1) is 13.2 Å². The monoisotopic (exact) mass is 688 g/mol. The van der Waals surface area contributed by atoms with Crippen molar-refractivity contribution in [3.8, 4) is 22.6 Å². The summed E-state index contributed by atoms with van der Waals surface area (Å²) in [4.78, 5) is 44.6. The summed E-state index contributed by atoms with van der Waals surface area (Å²) in [5, 5.41) is 3.01. The van der Waals surface area contributed by atoms with Gasteiger partial charge in [0.2, 0.25) is 5.95 Å². The third-order valence-electron chi connectivity index (χ3n) is 11.3. The SMILES string of the molecule is CSc1cc(C)[nH]c(=O)c1CNC(=O)c1cc(-c2cnc(N3CCC4(CC3)COC4)nc2)c2c(c1C)OC(C)([C@H]1CC[C@H](N(C)C)CC1)O2. The minimum absolute atomic E-state index is 0.0989. The summed E-state index contributed by atoms with van der Waals surface area (Å²) in [5.74, 6) is 0.927. The van der Waals surface area contributed by atoms with Crippen LogP contribution in [0.5, 0.6) is 11.5 Å². The Balaban J connectivity index is 1.19. The van der Waals surface area contributed by atoms with Crippen LogP contribution >= 0.6 is 11.8 Å². The maximum Gasteiger partial charge on any atom is 0.254 e. The van der Waals surface area contributed by atoms with Crippen LogP contribution in [0.4, 0.5) is 5.95 Å². The molecule has 7 rings (SSSR count). The van der Waals surface area contributed by atoms with E-state index in [1.165, 1.54) is 11.8 Å². The number of carbonyl (C=O) groups is 1. The second-order valence-electron chi connectivity index (χ2n) is 14.7. The first-order valence-electron chi connectivity index (χ1n) is 17.4. The molecule has 3 aromatic rings. The lowest BCUT2D eigenvalue weighted by Gasteiger charge is -2.47.